The monoisotopic (exact) mass is 338 g/mol. The fourth-order valence-electron chi connectivity index (χ4n) is 2.26. The molecule has 7 nitrogen and oxygen atoms in total. The van der Waals surface area contributed by atoms with Gasteiger partial charge in [0.25, 0.3) is 0 Å². The Balaban J connectivity index is 1.97. The van der Waals surface area contributed by atoms with Crippen LogP contribution in [-0.2, 0) is 14.3 Å². The smallest absolute Gasteiger partial charge is 0.330 e. The van der Waals surface area contributed by atoms with Crippen LogP contribution in [0.25, 0.3) is 6.08 Å². The number of rotatable bonds is 5. The molecule has 1 aromatic carbocycles. The summed E-state index contributed by atoms with van der Waals surface area (Å²) < 4.78 is 15.7. The number of esters is 1. The lowest BCUT2D eigenvalue weighted by Crippen LogP contribution is -2.58. The first-order valence-corrected chi connectivity index (χ1v) is 7.73. The Morgan fingerprint density at radius 2 is 1.83 bits per heavy atom. The van der Waals surface area contributed by atoms with Gasteiger partial charge in [0.2, 0.25) is 6.29 Å². The molecule has 1 aliphatic heterocycles. The van der Waals surface area contributed by atoms with E-state index in [0.717, 1.165) is 5.56 Å². The number of aliphatic hydroxyl groups is 3. The molecule has 0 unspecified atom stereocenters. The second-order valence-corrected chi connectivity index (χ2v) is 5.45. The molecule has 1 heterocycles. The molecule has 7 heteroatoms. The van der Waals surface area contributed by atoms with Gasteiger partial charge in [-0.2, -0.15) is 0 Å². The van der Waals surface area contributed by atoms with Crippen LogP contribution in [0.2, 0.25) is 0 Å². The molecule has 132 valence electrons. The van der Waals surface area contributed by atoms with E-state index >= 15 is 0 Å². The Kier molecular flexibility index (Phi) is 6.33. The summed E-state index contributed by atoms with van der Waals surface area (Å²) in [6, 6.07) is 6.72. The van der Waals surface area contributed by atoms with Gasteiger partial charge in [0.05, 0.1) is 12.7 Å². The predicted molar refractivity (Wildman–Crippen MR) is 85.1 cm³/mol. The van der Waals surface area contributed by atoms with Crippen molar-refractivity contribution in [2.45, 2.75) is 44.6 Å². The lowest BCUT2D eigenvalue weighted by molar-refractivity contribution is -0.268. The Bertz CT molecular complexity index is 569. The van der Waals surface area contributed by atoms with Crippen LogP contribution in [0.5, 0.6) is 5.75 Å². The topological polar surface area (TPSA) is 105 Å². The van der Waals surface area contributed by atoms with Gasteiger partial charge in [0.1, 0.15) is 24.1 Å². The van der Waals surface area contributed by atoms with Crippen molar-refractivity contribution in [3.05, 3.63) is 35.9 Å². The van der Waals surface area contributed by atoms with Crippen LogP contribution >= 0.6 is 0 Å². The van der Waals surface area contributed by atoms with Crippen molar-refractivity contribution in [1.29, 1.82) is 0 Å². The molecular formula is C17H22O7. The van der Waals surface area contributed by atoms with Crippen molar-refractivity contribution in [2.24, 2.45) is 0 Å². The maximum absolute atomic E-state index is 11.2. The van der Waals surface area contributed by atoms with Crippen molar-refractivity contribution < 1.29 is 34.3 Å². The summed E-state index contributed by atoms with van der Waals surface area (Å²) in [5.41, 5.74) is 0.768. The van der Waals surface area contributed by atoms with Gasteiger partial charge >= 0.3 is 5.97 Å². The summed E-state index contributed by atoms with van der Waals surface area (Å²) in [4.78, 5) is 11.2. The first-order valence-electron chi connectivity index (χ1n) is 7.73. The molecule has 1 fully saturated rings. The molecule has 1 aliphatic rings. The number of hydrogen-bond donors (Lipinski definition) is 3. The normalized spacial score (nSPS) is 30.3. The highest BCUT2D eigenvalue weighted by molar-refractivity contribution is 5.87. The van der Waals surface area contributed by atoms with Crippen LogP contribution in [0, 0.1) is 0 Å². The van der Waals surface area contributed by atoms with Crippen LogP contribution in [-0.4, -0.2) is 58.6 Å². The molecule has 5 atom stereocenters. The summed E-state index contributed by atoms with van der Waals surface area (Å²) in [7, 11) is 0. The average molecular weight is 338 g/mol. The highest BCUT2D eigenvalue weighted by atomic mass is 16.7. The van der Waals surface area contributed by atoms with Crippen molar-refractivity contribution >= 4 is 12.0 Å². The third-order valence-corrected chi connectivity index (χ3v) is 3.64. The highest BCUT2D eigenvalue weighted by Gasteiger charge is 2.43. The SMILES string of the molecule is CCOC(=O)/C=C\c1ccc(O[C@@H]2O[C@@H](C)[C@H](O)[C@@H](O)[C@H]2O)cc1. The molecule has 0 aliphatic carbocycles. The van der Waals surface area contributed by atoms with Crippen molar-refractivity contribution in [3.8, 4) is 5.75 Å². The minimum Gasteiger partial charge on any atom is -0.463 e. The molecule has 1 aromatic rings. The second-order valence-electron chi connectivity index (χ2n) is 5.45. The highest BCUT2D eigenvalue weighted by Crippen LogP contribution is 2.24. The van der Waals surface area contributed by atoms with E-state index in [9.17, 15) is 20.1 Å². The summed E-state index contributed by atoms with van der Waals surface area (Å²) in [6.45, 7) is 3.63. The first-order chi connectivity index (χ1) is 11.4. The van der Waals surface area contributed by atoms with Gasteiger partial charge in [0, 0.05) is 6.08 Å². The number of carbonyl (C=O) groups excluding carboxylic acids is 1. The molecular weight excluding hydrogens is 316 g/mol. The molecule has 1 saturated heterocycles. The standard InChI is InChI=1S/C17H22O7/c1-3-22-13(18)9-6-11-4-7-12(8-5-11)24-17-16(21)15(20)14(19)10(2)23-17/h4-10,14-17,19-21H,3H2,1-2H3/b9-6-/t10-,14-,15+,16+,17-/m0/s1. The molecule has 0 saturated carbocycles. The summed E-state index contributed by atoms with van der Waals surface area (Å²) in [6.07, 6.45) is -2.69. The third-order valence-electron chi connectivity index (χ3n) is 3.64. The van der Waals surface area contributed by atoms with Gasteiger partial charge in [-0.1, -0.05) is 12.1 Å². The van der Waals surface area contributed by atoms with Crippen molar-refractivity contribution in [1.82, 2.24) is 0 Å². The van der Waals surface area contributed by atoms with E-state index in [1.54, 1.807) is 44.2 Å². The van der Waals surface area contributed by atoms with E-state index in [0.29, 0.717) is 12.4 Å². The minimum absolute atomic E-state index is 0.318. The fourth-order valence-corrected chi connectivity index (χ4v) is 2.26. The number of hydrogen-bond acceptors (Lipinski definition) is 7. The van der Waals surface area contributed by atoms with Gasteiger partial charge in [-0.25, -0.2) is 4.79 Å². The zero-order valence-electron chi connectivity index (χ0n) is 13.5. The van der Waals surface area contributed by atoms with Crippen molar-refractivity contribution in [2.75, 3.05) is 6.61 Å². The van der Waals surface area contributed by atoms with Gasteiger partial charge in [-0.15, -0.1) is 0 Å². The Labute approximate surface area is 140 Å². The average Bonchev–Trinajstić information content (AvgIpc) is 2.57. The summed E-state index contributed by atoms with van der Waals surface area (Å²) >= 11 is 0. The Hall–Kier alpha value is -1.93. The molecule has 0 radical (unpaired) electrons. The largest absolute Gasteiger partial charge is 0.463 e. The number of ether oxygens (including phenoxy) is 3. The Morgan fingerprint density at radius 1 is 1.17 bits per heavy atom. The Morgan fingerprint density at radius 3 is 2.46 bits per heavy atom. The molecule has 3 N–H and O–H groups in total. The van der Waals surface area contributed by atoms with E-state index in [2.05, 4.69) is 0 Å². The van der Waals surface area contributed by atoms with Gasteiger partial charge in [-0.05, 0) is 37.6 Å². The van der Waals surface area contributed by atoms with E-state index in [1.807, 2.05) is 0 Å². The van der Waals surface area contributed by atoms with Gasteiger partial charge in [0.15, 0.2) is 0 Å². The minimum atomic E-state index is -1.36. The third kappa shape index (κ3) is 4.55. The lowest BCUT2D eigenvalue weighted by atomic mass is 10.00. The summed E-state index contributed by atoms with van der Waals surface area (Å²) in [5, 5.41) is 29.3. The van der Waals surface area contributed by atoms with Crippen LogP contribution < -0.4 is 4.74 Å². The quantitative estimate of drug-likeness (QED) is 0.529. The fraction of sp³-hybridized carbons (Fsp3) is 0.471. The molecule has 0 amide bonds. The summed E-state index contributed by atoms with van der Waals surface area (Å²) in [5.74, 6) is 0.00112. The van der Waals surface area contributed by atoms with E-state index in [4.69, 9.17) is 14.2 Å². The van der Waals surface area contributed by atoms with E-state index < -0.39 is 36.7 Å². The van der Waals surface area contributed by atoms with Crippen LogP contribution in [0.4, 0.5) is 0 Å². The van der Waals surface area contributed by atoms with Gasteiger partial charge in [-0.3, -0.25) is 0 Å². The molecule has 2 rings (SSSR count). The van der Waals surface area contributed by atoms with Crippen LogP contribution in [0.1, 0.15) is 19.4 Å². The number of aliphatic hydroxyl groups excluding tert-OH is 3. The molecule has 0 aromatic heterocycles. The maximum atomic E-state index is 11.2. The van der Waals surface area contributed by atoms with E-state index in [-0.39, 0.29) is 0 Å². The van der Waals surface area contributed by atoms with Gasteiger partial charge < -0.3 is 29.5 Å². The second kappa shape index (κ2) is 8.25. The lowest BCUT2D eigenvalue weighted by Gasteiger charge is -2.38. The zero-order chi connectivity index (χ0) is 17.7. The van der Waals surface area contributed by atoms with Crippen LogP contribution in [0.3, 0.4) is 0 Å². The van der Waals surface area contributed by atoms with Crippen LogP contribution in [0.15, 0.2) is 30.3 Å². The zero-order valence-corrected chi connectivity index (χ0v) is 13.5. The maximum Gasteiger partial charge on any atom is 0.330 e. The first kappa shape index (κ1) is 18.4. The molecule has 24 heavy (non-hydrogen) atoms. The van der Waals surface area contributed by atoms with Crippen molar-refractivity contribution in [3.63, 3.8) is 0 Å². The van der Waals surface area contributed by atoms with E-state index in [1.165, 1.54) is 6.08 Å². The predicted octanol–water partition coefficient (Wildman–Crippen LogP) is 0.469. The number of benzene rings is 1. The molecule has 0 bridgehead atoms. The number of carbonyl (C=O) groups is 1. The molecule has 0 spiro atoms.